The fraction of sp³-hybridized carbons (Fsp3) is 0.227. The summed E-state index contributed by atoms with van der Waals surface area (Å²) in [6.45, 7) is 1.97. The number of H-pyrrole nitrogens is 1. The molecule has 0 fully saturated rings. The summed E-state index contributed by atoms with van der Waals surface area (Å²) in [5.74, 6) is 0.00788. The first-order valence-corrected chi connectivity index (χ1v) is 12.1. The topological polar surface area (TPSA) is 129 Å². The van der Waals surface area contributed by atoms with Gasteiger partial charge in [0, 0.05) is 17.8 Å². The summed E-state index contributed by atoms with van der Waals surface area (Å²) in [6.07, 6.45) is 0.623. The maximum absolute atomic E-state index is 13.0. The third-order valence-electron chi connectivity index (χ3n) is 5.01. The molecule has 4 aromatic rings. The van der Waals surface area contributed by atoms with Gasteiger partial charge in [-0.25, -0.2) is 9.78 Å². The number of Topliss-reactive ketones (excluding diaryl/α,β-unsaturated/α-hetero) is 1. The molecule has 0 saturated carbocycles. The highest BCUT2D eigenvalue weighted by Gasteiger charge is 2.23. The van der Waals surface area contributed by atoms with Gasteiger partial charge in [-0.1, -0.05) is 48.2 Å². The third kappa shape index (κ3) is 4.99. The highest BCUT2D eigenvalue weighted by Crippen LogP contribution is 2.18. The molecule has 0 amide bonds. The van der Waals surface area contributed by atoms with Gasteiger partial charge in [0.15, 0.2) is 5.78 Å². The van der Waals surface area contributed by atoms with E-state index in [0.717, 1.165) is 26.8 Å². The van der Waals surface area contributed by atoms with Crippen LogP contribution in [-0.4, -0.2) is 35.9 Å². The van der Waals surface area contributed by atoms with Gasteiger partial charge in [-0.15, -0.1) is 16.4 Å². The molecule has 3 aromatic heterocycles. The number of carbonyl (C=O) groups excluding carboxylic acids is 1. The monoisotopic (exact) mass is 482 g/mol. The summed E-state index contributed by atoms with van der Waals surface area (Å²) < 4.78 is 2.30. The second-order valence-electron chi connectivity index (χ2n) is 7.20. The Morgan fingerprint density at radius 1 is 1.15 bits per heavy atom. The normalized spacial score (nSPS) is 11.1. The lowest BCUT2D eigenvalue weighted by molar-refractivity contribution is 0.102. The number of aromatic amines is 1. The Balaban J connectivity index is 1.57. The molecule has 9 nitrogen and oxygen atoms in total. The standard InChI is InChI=1S/C22H22N6O3S2/c1-2-27-20(30)18(19(23)28(22(27)31)12-14-7-4-3-5-8-14)16(29)13-33-21-24-17(25-26-21)11-15-9-6-10-32-15/h3-10H,2,11-13,23H2,1H3,(H,24,25,26). The maximum Gasteiger partial charge on any atom is 0.332 e. The predicted molar refractivity (Wildman–Crippen MR) is 129 cm³/mol. The Morgan fingerprint density at radius 3 is 2.64 bits per heavy atom. The molecule has 3 N–H and O–H groups in total. The number of benzene rings is 1. The van der Waals surface area contributed by atoms with Gasteiger partial charge < -0.3 is 5.73 Å². The minimum atomic E-state index is -0.678. The van der Waals surface area contributed by atoms with Crippen molar-refractivity contribution in [3.63, 3.8) is 0 Å². The number of nitrogen functional groups attached to an aromatic ring is 1. The van der Waals surface area contributed by atoms with E-state index in [1.54, 1.807) is 18.3 Å². The van der Waals surface area contributed by atoms with Crippen LogP contribution in [-0.2, 0) is 19.5 Å². The van der Waals surface area contributed by atoms with Crippen molar-refractivity contribution in [2.75, 3.05) is 11.5 Å². The number of hydrogen-bond donors (Lipinski definition) is 2. The van der Waals surface area contributed by atoms with Crippen LogP contribution in [0, 0.1) is 0 Å². The van der Waals surface area contributed by atoms with Crippen LogP contribution in [0.2, 0.25) is 0 Å². The molecule has 0 saturated heterocycles. The van der Waals surface area contributed by atoms with E-state index in [9.17, 15) is 14.4 Å². The van der Waals surface area contributed by atoms with Crippen LogP contribution in [0.15, 0.2) is 62.6 Å². The second kappa shape index (κ2) is 10.0. The van der Waals surface area contributed by atoms with Gasteiger partial charge in [0.05, 0.1) is 12.3 Å². The summed E-state index contributed by atoms with van der Waals surface area (Å²) in [4.78, 5) is 44.3. The smallest absolute Gasteiger partial charge is 0.332 e. The van der Waals surface area contributed by atoms with E-state index in [1.165, 1.54) is 4.57 Å². The van der Waals surface area contributed by atoms with Crippen molar-refractivity contribution in [1.29, 1.82) is 0 Å². The van der Waals surface area contributed by atoms with E-state index in [-0.39, 0.29) is 30.2 Å². The van der Waals surface area contributed by atoms with Crippen molar-refractivity contribution in [2.45, 2.75) is 31.6 Å². The molecule has 0 unspecified atom stereocenters. The van der Waals surface area contributed by atoms with E-state index >= 15 is 0 Å². The molecule has 0 spiro atoms. The number of thioether (sulfide) groups is 1. The zero-order valence-electron chi connectivity index (χ0n) is 17.9. The molecule has 3 heterocycles. The Morgan fingerprint density at radius 2 is 1.94 bits per heavy atom. The van der Waals surface area contributed by atoms with Crippen LogP contribution < -0.4 is 17.0 Å². The van der Waals surface area contributed by atoms with Crippen LogP contribution in [0.5, 0.6) is 0 Å². The van der Waals surface area contributed by atoms with Crippen LogP contribution in [0.3, 0.4) is 0 Å². The summed E-state index contributed by atoms with van der Waals surface area (Å²) >= 11 is 2.74. The second-order valence-corrected chi connectivity index (χ2v) is 9.17. The predicted octanol–water partition coefficient (Wildman–Crippen LogP) is 2.41. The average Bonchev–Trinajstić information content (AvgIpc) is 3.49. The van der Waals surface area contributed by atoms with Crippen LogP contribution in [0.4, 0.5) is 5.82 Å². The average molecular weight is 483 g/mol. The van der Waals surface area contributed by atoms with E-state index in [0.29, 0.717) is 17.4 Å². The number of ketones is 1. The van der Waals surface area contributed by atoms with Gasteiger partial charge in [-0.2, -0.15) is 0 Å². The van der Waals surface area contributed by atoms with Crippen molar-refractivity contribution in [1.82, 2.24) is 24.3 Å². The molecule has 0 aliphatic rings. The molecule has 170 valence electrons. The molecule has 0 radical (unpaired) electrons. The van der Waals surface area contributed by atoms with Crippen LogP contribution >= 0.6 is 23.1 Å². The Kier molecular flexibility index (Phi) is 6.90. The third-order valence-corrected chi connectivity index (χ3v) is 6.74. The zero-order chi connectivity index (χ0) is 23.4. The number of anilines is 1. The molecule has 4 rings (SSSR count). The van der Waals surface area contributed by atoms with Crippen molar-refractivity contribution in [3.05, 3.63) is 90.5 Å². The van der Waals surface area contributed by atoms with Crippen molar-refractivity contribution in [3.8, 4) is 0 Å². The first-order chi connectivity index (χ1) is 16.0. The Labute approximate surface area is 197 Å². The molecule has 0 aliphatic heterocycles. The first-order valence-electron chi connectivity index (χ1n) is 10.2. The van der Waals surface area contributed by atoms with Gasteiger partial charge in [-0.3, -0.25) is 23.8 Å². The summed E-state index contributed by atoms with van der Waals surface area (Å²) in [6, 6.07) is 13.2. The number of rotatable bonds is 9. The highest BCUT2D eigenvalue weighted by atomic mass is 32.2. The number of hydrogen-bond acceptors (Lipinski definition) is 8. The number of carbonyl (C=O) groups is 1. The molecular formula is C22H22N6O3S2. The zero-order valence-corrected chi connectivity index (χ0v) is 19.5. The van der Waals surface area contributed by atoms with Crippen molar-refractivity contribution < 1.29 is 4.79 Å². The summed E-state index contributed by atoms with van der Waals surface area (Å²) in [5, 5.41) is 9.40. The first kappa shape index (κ1) is 22.7. The number of aromatic nitrogens is 5. The molecule has 1 aromatic carbocycles. The van der Waals surface area contributed by atoms with E-state index in [1.807, 2.05) is 47.8 Å². The Hall–Kier alpha value is -3.44. The molecule has 33 heavy (non-hydrogen) atoms. The fourth-order valence-corrected chi connectivity index (χ4v) is 4.78. The Bertz CT molecular complexity index is 1370. The SMILES string of the molecule is CCn1c(=O)c(C(=O)CSc2n[nH]c(Cc3cccs3)n2)c(N)n(Cc2ccccc2)c1=O. The lowest BCUT2D eigenvalue weighted by Crippen LogP contribution is -2.44. The molecule has 11 heteroatoms. The summed E-state index contributed by atoms with van der Waals surface area (Å²) in [5.41, 5.74) is 5.62. The quantitative estimate of drug-likeness (QED) is 0.277. The molecule has 0 atom stereocenters. The molecular weight excluding hydrogens is 460 g/mol. The van der Waals surface area contributed by atoms with E-state index < -0.39 is 17.0 Å². The number of thiophene rings is 1. The lowest BCUT2D eigenvalue weighted by Gasteiger charge is -2.15. The lowest BCUT2D eigenvalue weighted by atomic mass is 10.2. The van der Waals surface area contributed by atoms with Crippen molar-refractivity contribution in [2.24, 2.45) is 0 Å². The fourth-order valence-electron chi connectivity index (χ4n) is 3.38. The van der Waals surface area contributed by atoms with E-state index in [2.05, 4.69) is 15.2 Å². The number of nitrogens with zero attached hydrogens (tertiary/aromatic N) is 4. The van der Waals surface area contributed by atoms with Gasteiger partial charge in [-0.05, 0) is 23.9 Å². The molecule has 0 aliphatic carbocycles. The van der Waals surface area contributed by atoms with Crippen molar-refractivity contribution >= 4 is 34.7 Å². The summed E-state index contributed by atoms with van der Waals surface area (Å²) in [7, 11) is 0. The van der Waals surface area contributed by atoms with Gasteiger partial charge in [0.1, 0.15) is 17.2 Å². The minimum absolute atomic E-state index is 0.0804. The van der Waals surface area contributed by atoms with E-state index in [4.69, 9.17) is 5.73 Å². The minimum Gasteiger partial charge on any atom is -0.384 e. The van der Waals surface area contributed by atoms with Gasteiger partial charge in [0.25, 0.3) is 5.56 Å². The highest BCUT2D eigenvalue weighted by molar-refractivity contribution is 7.99. The number of nitrogens with one attached hydrogen (secondary N) is 1. The van der Waals surface area contributed by atoms with Crippen LogP contribution in [0.25, 0.3) is 0 Å². The van der Waals surface area contributed by atoms with Gasteiger partial charge >= 0.3 is 5.69 Å². The maximum atomic E-state index is 13.0. The largest absolute Gasteiger partial charge is 0.384 e. The van der Waals surface area contributed by atoms with Gasteiger partial charge in [0.2, 0.25) is 5.16 Å². The van der Waals surface area contributed by atoms with Crippen LogP contribution in [0.1, 0.15) is 33.5 Å². The molecule has 0 bridgehead atoms. The number of nitrogens with two attached hydrogens (primary N) is 1.